The minimum Gasteiger partial charge on any atom is -0.370 e. The van der Waals surface area contributed by atoms with Crippen molar-refractivity contribution in [3.05, 3.63) is 30.3 Å². The minimum absolute atomic E-state index is 0.327. The van der Waals surface area contributed by atoms with E-state index < -0.39 is 15.8 Å². The molecule has 1 aromatic carbocycles. The predicted octanol–water partition coefficient (Wildman–Crippen LogP) is 0.824. The summed E-state index contributed by atoms with van der Waals surface area (Å²) in [4.78, 5) is 6.51. The van der Waals surface area contributed by atoms with Gasteiger partial charge in [-0.25, -0.2) is 0 Å². The summed E-state index contributed by atoms with van der Waals surface area (Å²) >= 11 is 0. The lowest BCUT2D eigenvalue weighted by molar-refractivity contribution is -0.0442. The molecule has 0 N–H and O–H groups in total. The Balaban J connectivity index is 1.50. The molecule has 2 fully saturated rings. The van der Waals surface area contributed by atoms with Crippen LogP contribution in [0.4, 0.5) is 5.95 Å². The lowest BCUT2D eigenvalue weighted by Gasteiger charge is -2.39. The first-order chi connectivity index (χ1) is 12.9. The van der Waals surface area contributed by atoms with Crippen LogP contribution in [0.3, 0.4) is 0 Å². The van der Waals surface area contributed by atoms with Gasteiger partial charge in [0.15, 0.2) is 0 Å². The molecule has 2 aliphatic heterocycles. The number of aromatic nitrogens is 2. The summed E-state index contributed by atoms with van der Waals surface area (Å²) in [5.74, 6) is 0.972. The maximum absolute atomic E-state index is 12.4. The van der Waals surface area contributed by atoms with Gasteiger partial charge in [0, 0.05) is 39.3 Å². The lowest BCUT2D eigenvalue weighted by atomic mass is 10.0. The van der Waals surface area contributed by atoms with Crippen molar-refractivity contribution in [1.82, 2.24) is 18.8 Å². The van der Waals surface area contributed by atoms with Crippen LogP contribution in [-0.4, -0.2) is 79.7 Å². The summed E-state index contributed by atoms with van der Waals surface area (Å²) in [7, 11) is -0.367. The molecule has 2 saturated heterocycles. The molecule has 1 unspecified atom stereocenters. The molecule has 1 atom stereocenters. The van der Waals surface area contributed by atoms with Crippen LogP contribution in [0.25, 0.3) is 11.5 Å². The zero-order valence-corrected chi connectivity index (χ0v) is 16.2. The number of nitrogens with zero attached hydrogens (tertiary/aromatic N) is 5. The van der Waals surface area contributed by atoms with Crippen LogP contribution in [0.2, 0.25) is 0 Å². The first-order valence-corrected chi connectivity index (χ1v) is 10.3. The van der Waals surface area contributed by atoms with Crippen LogP contribution in [0.5, 0.6) is 0 Å². The third kappa shape index (κ3) is 3.45. The van der Waals surface area contributed by atoms with Crippen LogP contribution >= 0.6 is 0 Å². The molecule has 1 aromatic heterocycles. The van der Waals surface area contributed by atoms with Crippen molar-refractivity contribution in [3.63, 3.8) is 0 Å². The SMILES string of the molecule is CN(C)S(=O)(=O)N1CCC2(CN(c3noc(-c4ccccc4)n3)CCO2)C1. The third-order valence-electron chi connectivity index (χ3n) is 5.04. The van der Waals surface area contributed by atoms with Crippen LogP contribution in [0, 0.1) is 0 Å². The van der Waals surface area contributed by atoms with E-state index in [2.05, 4.69) is 10.1 Å². The summed E-state index contributed by atoms with van der Waals surface area (Å²) in [5.41, 5.74) is 0.317. The maximum Gasteiger partial charge on any atom is 0.281 e. The standard InChI is InChI=1S/C17H23N5O4S/c1-20(2)27(23,24)22-9-8-17(13-22)12-21(10-11-25-17)16-18-15(26-19-16)14-6-4-3-5-7-14/h3-7H,8-13H2,1-2H3. The van der Waals surface area contributed by atoms with Crippen molar-refractivity contribution < 1.29 is 17.7 Å². The van der Waals surface area contributed by atoms with Gasteiger partial charge in [0.1, 0.15) is 5.60 Å². The highest BCUT2D eigenvalue weighted by molar-refractivity contribution is 7.86. The fourth-order valence-corrected chi connectivity index (χ4v) is 4.72. The van der Waals surface area contributed by atoms with Gasteiger partial charge in [0.25, 0.3) is 22.0 Å². The van der Waals surface area contributed by atoms with Gasteiger partial charge >= 0.3 is 0 Å². The van der Waals surface area contributed by atoms with E-state index in [1.165, 1.54) is 8.61 Å². The minimum atomic E-state index is -3.45. The van der Waals surface area contributed by atoms with Crippen LogP contribution in [0.1, 0.15) is 6.42 Å². The van der Waals surface area contributed by atoms with E-state index in [1.807, 2.05) is 35.2 Å². The molecule has 3 heterocycles. The van der Waals surface area contributed by atoms with Crippen molar-refractivity contribution >= 4 is 16.2 Å². The summed E-state index contributed by atoms with van der Waals surface area (Å²) in [5, 5.41) is 4.11. The molecule has 146 valence electrons. The van der Waals surface area contributed by atoms with E-state index in [1.54, 1.807) is 14.1 Å². The largest absolute Gasteiger partial charge is 0.370 e. The molecule has 0 aliphatic carbocycles. The van der Waals surface area contributed by atoms with Crippen molar-refractivity contribution in [2.24, 2.45) is 0 Å². The third-order valence-corrected chi connectivity index (χ3v) is 6.92. The van der Waals surface area contributed by atoms with Gasteiger partial charge < -0.3 is 14.2 Å². The van der Waals surface area contributed by atoms with Crippen molar-refractivity contribution in [2.75, 3.05) is 51.8 Å². The second-order valence-electron chi connectivity index (χ2n) is 7.09. The Morgan fingerprint density at radius 2 is 1.93 bits per heavy atom. The number of ether oxygens (including phenoxy) is 1. The summed E-state index contributed by atoms with van der Waals surface area (Å²) in [6.07, 6.45) is 0.639. The average molecular weight is 393 g/mol. The summed E-state index contributed by atoms with van der Waals surface area (Å²) < 4.78 is 39.0. The Morgan fingerprint density at radius 3 is 2.67 bits per heavy atom. The zero-order valence-electron chi connectivity index (χ0n) is 15.4. The Hall–Kier alpha value is -2.01. The lowest BCUT2D eigenvalue weighted by Crippen LogP contribution is -2.54. The number of rotatable bonds is 4. The second kappa shape index (κ2) is 6.86. The van der Waals surface area contributed by atoms with Gasteiger partial charge in [-0.2, -0.15) is 22.0 Å². The van der Waals surface area contributed by atoms with Crippen molar-refractivity contribution in [3.8, 4) is 11.5 Å². The number of hydrogen-bond donors (Lipinski definition) is 0. The van der Waals surface area contributed by atoms with Crippen LogP contribution in [0.15, 0.2) is 34.9 Å². The second-order valence-corrected chi connectivity index (χ2v) is 9.23. The van der Waals surface area contributed by atoms with Gasteiger partial charge in [-0.1, -0.05) is 18.2 Å². The first kappa shape index (κ1) is 18.4. The Bertz CT molecular complexity index is 901. The molecule has 0 bridgehead atoms. The highest BCUT2D eigenvalue weighted by atomic mass is 32.2. The van der Waals surface area contributed by atoms with Crippen LogP contribution < -0.4 is 4.90 Å². The number of anilines is 1. The number of hydrogen-bond acceptors (Lipinski definition) is 7. The highest BCUT2D eigenvalue weighted by Gasteiger charge is 2.47. The molecule has 0 amide bonds. The quantitative estimate of drug-likeness (QED) is 0.759. The normalized spacial score (nSPS) is 24.2. The van der Waals surface area contributed by atoms with E-state index in [4.69, 9.17) is 9.26 Å². The molecular weight excluding hydrogens is 370 g/mol. The van der Waals surface area contributed by atoms with E-state index in [0.717, 1.165) is 5.56 Å². The Labute approximate surface area is 158 Å². The zero-order chi connectivity index (χ0) is 19.1. The van der Waals surface area contributed by atoms with E-state index in [0.29, 0.717) is 51.0 Å². The van der Waals surface area contributed by atoms with Crippen molar-refractivity contribution in [1.29, 1.82) is 0 Å². The number of morpholine rings is 1. The average Bonchev–Trinajstić information content (AvgIpc) is 3.31. The molecule has 2 aromatic rings. The summed E-state index contributed by atoms with van der Waals surface area (Å²) in [6.45, 7) is 2.42. The molecule has 10 heteroatoms. The highest BCUT2D eigenvalue weighted by Crippen LogP contribution is 2.33. The Morgan fingerprint density at radius 1 is 1.15 bits per heavy atom. The Kier molecular flexibility index (Phi) is 4.66. The molecule has 4 rings (SSSR count). The van der Waals surface area contributed by atoms with Gasteiger partial charge in [-0.15, -0.1) is 0 Å². The monoisotopic (exact) mass is 393 g/mol. The first-order valence-electron chi connectivity index (χ1n) is 8.85. The smallest absolute Gasteiger partial charge is 0.281 e. The molecule has 9 nitrogen and oxygen atoms in total. The fraction of sp³-hybridized carbons (Fsp3) is 0.529. The molecule has 0 radical (unpaired) electrons. The molecule has 2 aliphatic rings. The van der Waals surface area contributed by atoms with Crippen LogP contribution in [-0.2, 0) is 14.9 Å². The molecular formula is C17H23N5O4S. The van der Waals surface area contributed by atoms with E-state index in [9.17, 15) is 8.42 Å². The maximum atomic E-state index is 12.4. The number of benzene rings is 1. The van der Waals surface area contributed by atoms with E-state index in [-0.39, 0.29) is 0 Å². The fourth-order valence-electron chi connectivity index (χ4n) is 3.54. The van der Waals surface area contributed by atoms with Crippen molar-refractivity contribution in [2.45, 2.75) is 12.0 Å². The van der Waals surface area contributed by atoms with Gasteiger partial charge in [-0.05, 0) is 23.7 Å². The molecule has 1 spiro atoms. The van der Waals surface area contributed by atoms with E-state index >= 15 is 0 Å². The predicted molar refractivity (Wildman–Crippen MR) is 99.4 cm³/mol. The topological polar surface area (TPSA) is 92.0 Å². The van der Waals surface area contributed by atoms with Gasteiger partial charge in [0.05, 0.1) is 13.2 Å². The van der Waals surface area contributed by atoms with Gasteiger partial charge in [-0.3, -0.25) is 0 Å². The van der Waals surface area contributed by atoms with Gasteiger partial charge in [0.2, 0.25) is 0 Å². The summed E-state index contributed by atoms with van der Waals surface area (Å²) in [6, 6.07) is 9.60. The molecule has 0 saturated carbocycles. The molecule has 27 heavy (non-hydrogen) atoms.